The molecule has 0 unspecified atom stereocenters. The van der Waals surface area contributed by atoms with Crippen molar-refractivity contribution in [1.29, 1.82) is 0 Å². The van der Waals surface area contributed by atoms with Crippen molar-refractivity contribution in [3.63, 3.8) is 0 Å². The van der Waals surface area contributed by atoms with E-state index in [0.717, 1.165) is 0 Å². The fourth-order valence-electron chi connectivity index (χ4n) is 2.70. The third-order valence-electron chi connectivity index (χ3n) is 3.49. The van der Waals surface area contributed by atoms with Crippen molar-refractivity contribution >= 4 is 40.3 Å². The summed E-state index contributed by atoms with van der Waals surface area (Å²) in [6.07, 6.45) is 0. The molecule has 0 aliphatic heterocycles. The van der Waals surface area contributed by atoms with Gasteiger partial charge in [0.05, 0.1) is 0 Å². The number of fused-ring (bicyclic) bond motifs is 1. The number of rotatable bonds is 0. The molecule has 0 atom stereocenters. The van der Waals surface area contributed by atoms with E-state index in [0.29, 0.717) is 0 Å². The van der Waals surface area contributed by atoms with Crippen molar-refractivity contribution in [2.45, 2.75) is 52.4 Å². The molecule has 19 heavy (non-hydrogen) atoms. The SMILES string of the molecule is CC(C)(C)c1ccc2ccccc2c1C(C)(C)C.[NaH]. The first-order valence-corrected chi connectivity index (χ1v) is 6.74. The fraction of sp³-hybridized carbons (Fsp3) is 0.444. The van der Waals surface area contributed by atoms with Crippen molar-refractivity contribution in [3.05, 3.63) is 47.5 Å². The summed E-state index contributed by atoms with van der Waals surface area (Å²) in [5.74, 6) is 0. The van der Waals surface area contributed by atoms with E-state index in [9.17, 15) is 0 Å². The molecule has 2 aromatic rings. The predicted octanol–water partition coefficient (Wildman–Crippen LogP) is 4.79. The molecule has 0 heterocycles. The molecule has 98 valence electrons. The first kappa shape index (κ1) is 16.8. The summed E-state index contributed by atoms with van der Waals surface area (Å²) in [5.41, 5.74) is 3.32. The van der Waals surface area contributed by atoms with Gasteiger partial charge < -0.3 is 0 Å². The van der Waals surface area contributed by atoms with E-state index in [1.807, 2.05) is 0 Å². The molecule has 0 spiro atoms. The van der Waals surface area contributed by atoms with Gasteiger partial charge in [-0.15, -0.1) is 0 Å². The van der Waals surface area contributed by atoms with Crippen LogP contribution in [-0.4, -0.2) is 29.6 Å². The van der Waals surface area contributed by atoms with E-state index in [1.165, 1.54) is 21.9 Å². The zero-order chi connectivity index (χ0) is 13.6. The third kappa shape index (κ3) is 3.42. The summed E-state index contributed by atoms with van der Waals surface area (Å²) in [5, 5.41) is 2.74. The molecule has 0 saturated heterocycles. The van der Waals surface area contributed by atoms with Crippen LogP contribution in [0.15, 0.2) is 36.4 Å². The molecule has 0 amide bonds. The summed E-state index contributed by atoms with van der Waals surface area (Å²) < 4.78 is 0. The number of hydrogen-bond acceptors (Lipinski definition) is 0. The molecule has 2 aromatic carbocycles. The fourth-order valence-corrected chi connectivity index (χ4v) is 2.70. The van der Waals surface area contributed by atoms with Gasteiger partial charge in [0.1, 0.15) is 0 Å². The zero-order valence-electron chi connectivity index (χ0n) is 12.5. The van der Waals surface area contributed by atoms with Gasteiger partial charge in [0, 0.05) is 0 Å². The van der Waals surface area contributed by atoms with Crippen LogP contribution in [0.4, 0.5) is 0 Å². The summed E-state index contributed by atoms with van der Waals surface area (Å²) >= 11 is 0. The van der Waals surface area contributed by atoms with Crippen molar-refractivity contribution in [2.24, 2.45) is 0 Å². The van der Waals surface area contributed by atoms with Crippen LogP contribution < -0.4 is 0 Å². The van der Waals surface area contributed by atoms with Crippen LogP contribution in [0.2, 0.25) is 0 Å². The molecule has 0 N–H and O–H groups in total. The Hall–Kier alpha value is -0.300. The Morgan fingerprint density at radius 3 is 1.79 bits per heavy atom. The second kappa shape index (κ2) is 5.60. The Morgan fingerprint density at radius 1 is 0.684 bits per heavy atom. The second-order valence-electron chi connectivity index (χ2n) is 7.21. The third-order valence-corrected chi connectivity index (χ3v) is 3.49. The van der Waals surface area contributed by atoms with Crippen LogP contribution in [0.3, 0.4) is 0 Å². The van der Waals surface area contributed by atoms with Crippen molar-refractivity contribution in [2.75, 3.05) is 0 Å². The van der Waals surface area contributed by atoms with Crippen molar-refractivity contribution < 1.29 is 0 Å². The van der Waals surface area contributed by atoms with Gasteiger partial charge in [-0.3, -0.25) is 0 Å². The van der Waals surface area contributed by atoms with Crippen LogP contribution in [0.1, 0.15) is 52.7 Å². The molecular weight excluding hydrogens is 239 g/mol. The summed E-state index contributed by atoms with van der Waals surface area (Å²) in [4.78, 5) is 0. The summed E-state index contributed by atoms with van der Waals surface area (Å²) in [7, 11) is 0. The van der Waals surface area contributed by atoms with E-state index in [-0.39, 0.29) is 40.4 Å². The number of benzene rings is 2. The van der Waals surface area contributed by atoms with E-state index < -0.39 is 0 Å². The van der Waals surface area contributed by atoms with Crippen LogP contribution >= 0.6 is 0 Å². The molecule has 1 heteroatoms. The van der Waals surface area contributed by atoms with Crippen molar-refractivity contribution in [3.8, 4) is 0 Å². The Morgan fingerprint density at radius 2 is 1.26 bits per heavy atom. The average Bonchev–Trinajstić information content (AvgIpc) is 2.24. The van der Waals surface area contributed by atoms with Crippen LogP contribution in [0.5, 0.6) is 0 Å². The Labute approximate surface area is 139 Å². The molecule has 0 bridgehead atoms. The molecule has 0 aliphatic rings. The van der Waals surface area contributed by atoms with Gasteiger partial charge in [0.2, 0.25) is 0 Å². The molecule has 0 saturated carbocycles. The van der Waals surface area contributed by atoms with E-state index in [1.54, 1.807) is 0 Å². The molecule has 2 rings (SSSR count). The minimum absolute atomic E-state index is 0. The van der Waals surface area contributed by atoms with Crippen LogP contribution in [0, 0.1) is 0 Å². The number of hydrogen-bond donors (Lipinski definition) is 0. The first-order valence-electron chi connectivity index (χ1n) is 6.74. The van der Waals surface area contributed by atoms with Gasteiger partial charge in [0.25, 0.3) is 0 Å². The van der Waals surface area contributed by atoms with Gasteiger partial charge in [-0.1, -0.05) is 77.9 Å². The molecule has 0 aliphatic carbocycles. The minimum atomic E-state index is 0. The average molecular weight is 264 g/mol. The van der Waals surface area contributed by atoms with E-state index >= 15 is 0 Å². The monoisotopic (exact) mass is 264 g/mol. The van der Waals surface area contributed by atoms with Gasteiger partial charge >= 0.3 is 29.6 Å². The van der Waals surface area contributed by atoms with Gasteiger partial charge in [0.15, 0.2) is 0 Å². The molecule has 0 nitrogen and oxygen atoms in total. The van der Waals surface area contributed by atoms with Crippen LogP contribution in [-0.2, 0) is 10.8 Å². The van der Waals surface area contributed by atoms with Crippen molar-refractivity contribution in [1.82, 2.24) is 0 Å². The molecular formula is C18H25Na. The summed E-state index contributed by atoms with van der Waals surface area (Å²) in [6.45, 7) is 13.8. The maximum atomic E-state index is 2.31. The van der Waals surface area contributed by atoms with Crippen LogP contribution in [0.25, 0.3) is 10.8 Å². The Bertz CT molecular complexity index is 568. The second-order valence-corrected chi connectivity index (χ2v) is 7.21. The van der Waals surface area contributed by atoms with E-state index in [4.69, 9.17) is 0 Å². The molecule has 0 fully saturated rings. The first-order chi connectivity index (χ1) is 8.21. The molecule has 0 radical (unpaired) electrons. The Kier molecular flexibility index (Phi) is 4.93. The zero-order valence-corrected chi connectivity index (χ0v) is 12.5. The van der Waals surface area contributed by atoms with E-state index in [2.05, 4.69) is 77.9 Å². The standard InChI is InChI=1S/C18H24.Na.H/c1-17(2,3)15-12-11-13-9-7-8-10-14(13)16(15)18(4,5)6;;/h7-12H,1-6H3;;. The normalized spacial score (nSPS) is 12.3. The van der Waals surface area contributed by atoms with Gasteiger partial charge in [-0.2, -0.15) is 0 Å². The predicted molar refractivity (Wildman–Crippen MR) is 88.5 cm³/mol. The van der Waals surface area contributed by atoms with Gasteiger partial charge in [-0.25, -0.2) is 0 Å². The Balaban J connectivity index is 0.00000180. The molecule has 0 aromatic heterocycles. The quantitative estimate of drug-likeness (QED) is 0.600. The van der Waals surface area contributed by atoms with Gasteiger partial charge in [-0.05, 0) is 32.7 Å². The summed E-state index contributed by atoms with van der Waals surface area (Å²) in [6, 6.07) is 13.3. The maximum absolute atomic E-state index is 2.31. The topological polar surface area (TPSA) is 0 Å².